The van der Waals surface area contributed by atoms with Gasteiger partial charge in [-0.1, -0.05) is 18.2 Å². The third-order valence-electron chi connectivity index (χ3n) is 4.27. The molecule has 9 heteroatoms. The van der Waals surface area contributed by atoms with Crippen molar-refractivity contribution < 1.29 is 32.3 Å². The third kappa shape index (κ3) is 4.57. The zero-order valence-electron chi connectivity index (χ0n) is 15.5. The first kappa shape index (κ1) is 20.8. The van der Waals surface area contributed by atoms with Crippen molar-refractivity contribution in [1.82, 2.24) is 5.43 Å². The molecule has 30 heavy (non-hydrogen) atoms. The smallest absolute Gasteiger partial charge is 0.416 e. The number of hydrogen-bond donors (Lipinski definition) is 2. The van der Waals surface area contributed by atoms with Gasteiger partial charge < -0.3 is 9.52 Å². The lowest BCUT2D eigenvalue weighted by Crippen LogP contribution is -2.18. The zero-order valence-corrected chi connectivity index (χ0v) is 15.5. The maximum absolute atomic E-state index is 12.7. The fraction of sp³-hybridized carbons (Fsp3) is 0.0952. The van der Waals surface area contributed by atoms with Crippen LogP contribution in [-0.2, 0) is 6.18 Å². The molecule has 2 N–H and O–H groups in total. The van der Waals surface area contributed by atoms with Crippen LogP contribution in [0.4, 0.5) is 13.2 Å². The number of rotatable bonds is 5. The van der Waals surface area contributed by atoms with Gasteiger partial charge in [-0.05, 0) is 48.9 Å². The van der Waals surface area contributed by atoms with Gasteiger partial charge in [0.15, 0.2) is 0 Å². The number of halogens is 3. The summed E-state index contributed by atoms with van der Waals surface area (Å²) in [5, 5.41) is 12.9. The summed E-state index contributed by atoms with van der Waals surface area (Å²) in [5.41, 5.74) is 2.27. The average Bonchev–Trinajstić information content (AvgIpc) is 3.16. The van der Waals surface area contributed by atoms with Crippen molar-refractivity contribution in [2.75, 3.05) is 0 Å². The molecular formula is C21H15F3N2O4. The Labute approximate surface area is 168 Å². The second-order valence-electron chi connectivity index (χ2n) is 6.26. The maximum atomic E-state index is 12.7. The van der Waals surface area contributed by atoms with Gasteiger partial charge in [0.2, 0.25) is 0 Å². The average molecular weight is 416 g/mol. The molecule has 2 aromatic carbocycles. The van der Waals surface area contributed by atoms with E-state index in [0.717, 1.165) is 18.2 Å². The summed E-state index contributed by atoms with van der Waals surface area (Å²) in [6.07, 6.45) is -3.37. The Bertz CT molecular complexity index is 1130. The molecule has 0 aliphatic heterocycles. The SMILES string of the molecule is Cc1c(C(=O)O)cccc1-c1ccc(/C=N/NC(=O)c2cccc(C(F)(F)F)c2)o1. The van der Waals surface area contributed by atoms with Crippen molar-refractivity contribution >= 4 is 18.1 Å². The molecule has 1 aromatic heterocycles. The molecule has 0 spiro atoms. The van der Waals surface area contributed by atoms with Crippen LogP contribution in [0.5, 0.6) is 0 Å². The molecule has 0 saturated carbocycles. The number of carboxylic acids is 1. The Morgan fingerprint density at radius 3 is 2.53 bits per heavy atom. The second kappa shape index (κ2) is 8.24. The fourth-order valence-electron chi connectivity index (χ4n) is 2.76. The molecular weight excluding hydrogens is 401 g/mol. The summed E-state index contributed by atoms with van der Waals surface area (Å²) in [5.74, 6) is -1.20. The first-order chi connectivity index (χ1) is 14.2. The summed E-state index contributed by atoms with van der Waals surface area (Å²) in [4.78, 5) is 23.3. The van der Waals surface area contributed by atoms with Gasteiger partial charge >= 0.3 is 12.1 Å². The molecule has 0 fully saturated rings. The standard InChI is InChI=1S/C21H15F3N2O4/c1-12-16(6-3-7-17(12)20(28)29)18-9-8-15(30-18)11-25-26-19(27)13-4-2-5-14(10-13)21(22,23)24/h2-11H,1H3,(H,26,27)(H,28,29)/b25-11+. The number of aromatic carboxylic acids is 1. The molecule has 0 unspecified atom stereocenters. The number of benzene rings is 2. The van der Waals surface area contributed by atoms with E-state index in [2.05, 4.69) is 10.5 Å². The van der Waals surface area contributed by atoms with Gasteiger partial charge in [-0.15, -0.1) is 0 Å². The molecule has 0 aliphatic carbocycles. The minimum atomic E-state index is -4.56. The van der Waals surface area contributed by atoms with Crippen molar-refractivity contribution in [1.29, 1.82) is 0 Å². The van der Waals surface area contributed by atoms with Crippen LogP contribution in [0, 0.1) is 6.92 Å². The number of carboxylic acid groups (broad SMARTS) is 1. The van der Waals surface area contributed by atoms with Crippen LogP contribution in [0.1, 0.15) is 37.6 Å². The van der Waals surface area contributed by atoms with Gasteiger partial charge in [-0.3, -0.25) is 4.79 Å². The normalized spacial score (nSPS) is 11.6. The van der Waals surface area contributed by atoms with Crippen molar-refractivity contribution in [2.45, 2.75) is 13.1 Å². The van der Waals surface area contributed by atoms with Crippen LogP contribution in [0.25, 0.3) is 11.3 Å². The molecule has 1 amide bonds. The quantitative estimate of drug-likeness (QED) is 0.464. The summed E-state index contributed by atoms with van der Waals surface area (Å²) < 4.78 is 43.8. The summed E-state index contributed by atoms with van der Waals surface area (Å²) in [7, 11) is 0. The van der Waals surface area contributed by atoms with E-state index in [1.54, 1.807) is 31.2 Å². The molecule has 1 heterocycles. The first-order valence-electron chi connectivity index (χ1n) is 8.60. The zero-order chi connectivity index (χ0) is 21.9. The Morgan fingerprint density at radius 2 is 1.83 bits per heavy atom. The van der Waals surface area contributed by atoms with Crippen LogP contribution < -0.4 is 5.43 Å². The number of hydrazone groups is 1. The van der Waals surface area contributed by atoms with E-state index in [-0.39, 0.29) is 16.9 Å². The van der Waals surface area contributed by atoms with E-state index in [4.69, 9.17) is 4.42 Å². The highest BCUT2D eigenvalue weighted by Gasteiger charge is 2.30. The lowest BCUT2D eigenvalue weighted by atomic mass is 10.0. The molecule has 154 valence electrons. The number of alkyl halides is 3. The minimum Gasteiger partial charge on any atom is -0.478 e. The largest absolute Gasteiger partial charge is 0.478 e. The molecule has 0 radical (unpaired) electrons. The predicted octanol–water partition coefficient (Wildman–Crippen LogP) is 4.74. The fourth-order valence-corrected chi connectivity index (χ4v) is 2.76. The first-order valence-corrected chi connectivity index (χ1v) is 8.60. The van der Waals surface area contributed by atoms with Crippen molar-refractivity contribution in [3.63, 3.8) is 0 Å². The highest BCUT2D eigenvalue weighted by molar-refractivity contribution is 5.95. The lowest BCUT2D eigenvalue weighted by Gasteiger charge is -2.07. The van der Waals surface area contributed by atoms with Gasteiger partial charge in [0.1, 0.15) is 11.5 Å². The van der Waals surface area contributed by atoms with Gasteiger partial charge in [0.05, 0.1) is 17.3 Å². The van der Waals surface area contributed by atoms with Crippen molar-refractivity contribution in [3.8, 4) is 11.3 Å². The van der Waals surface area contributed by atoms with Crippen LogP contribution in [-0.4, -0.2) is 23.2 Å². The van der Waals surface area contributed by atoms with E-state index in [9.17, 15) is 27.9 Å². The molecule has 3 rings (SSSR count). The number of nitrogens with zero attached hydrogens (tertiary/aromatic N) is 1. The summed E-state index contributed by atoms with van der Waals surface area (Å²) in [6.45, 7) is 1.66. The maximum Gasteiger partial charge on any atom is 0.416 e. The highest BCUT2D eigenvalue weighted by Crippen LogP contribution is 2.29. The summed E-state index contributed by atoms with van der Waals surface area (Å²) in [6, 6.07) is 11.9. The number of hydrogen-bond acceptors (Lipinski definition) is 4. The minimum absolute atomic E-state index is 0.146. The van der Waals surface area contributed by atoms with Gasteiger partial charge in [-0.25, -0.2) is 10.2 Å². The Balaban J connectivity index is 1.72. The number of amides is 1. The molecule has 0 atom stereocenters. The van der Waals surface area contributed by atoms with Crippen molar-refractivity contribution in [2.24, 2.45) is 5.10 Å². The van der Waals surface area contributed by atoms with Gasteiger partial charge in [0, 0.05) is 11.1 Å². The molecule has 0 aliphatic rings. The predicted molar refractivity (Wildman–Crippen MR) is 102 cm³/mol. The highest BCUT2D eigenvalue weighted by atomic mass is 19.4. The monoisotopic (exact) mass is 416 g/mol. The van der Waals surface area contributed by atoms with E-state index in [0.29, 0.717) is 16.9 Å². The number of carbonyl (C=O) groups is 2. The number of furan rings is 1. The van der Waals surface area contributed by atoms with Crippen LogP contribution >= 0.6 is 0 Å². The second-order valence-corrected chi connectivity index (χ2v) is 6.26. The van der Waals surface area contributed by atoms with E-state index in [1.807, 2.05) is 0 Å². The van der Waals surface area contributed by atoms with Crippen LogP contribution in [0.3, 0.4) is 0 Å². The van der Waals surface area contributed by atoms with Crippen molar-refractivity contribution in [3.05, 3.63) is 82.6 Å². The van der Waals surface area contributed by atoms with Crippen LogP contribution in [0.2, 0.25) is 0 Å². The Hall–Kier alpha value is -3.88. The van der Waals surface area contributed by atoms with Gasteiger partial charge in [-0.2, -0.15) is 18.3 Å². The summed E-state index contributed by atoms with van der Waals surface area (Å²) >= 11 is 0. The van der Waals surface area contributed by atoms with Gasteiger partial charge in [0.25, 0.3) is 5.91 Å². The molecule has 0 bridgehead atoms. The van der Waals surface area contributed by atoms with E-state index < -0.39 is 23.6 Å². The number of nitrogens with one attached hydrogen (secondary N) is 1. The lowest BCUT2D eigenvalue weighted by molar-refractivity contribution is -0.137. The molecule has 3 aromatic rings. The van der Waals surface area contributed by atoms with Crippen LogP contribution in [0.15, 0.2) is 64.1 Å². The Kier molecular flexibility index (Phi) is 5.72. The van der Waals surface area contributed by atoms with E-state index in [1.165, 1.54) is 18.3 Å². The third-order valence-corrected chi connectivity index (χ3v) is 4.27. The molecule has 6 nitrogen and oxygen atoms in total. The topological polar surface area (TPSA) is 91.9 Å². The molecule has 0 saturated heterocycles. The van der Waals surface area contributed by atoms with E-state index >= 15 is 0 Å². The Morgan fingerprint density at radius 1 is 1.10 bits per heavy atom. The number of carbonyl (C=O) groups excluding carboxylic acids is 1.